The highest BCUT2D eigenvalue weighted by molar-refractivity contribution is 5.95. The second-order valence-electron chi connectivity index (χ2n) is 10.7. The predicted molar refractivity (Wildman–Crippen MR) is 162 cm³/mol. The van der Waals surface area contributed by atoms with Gasteiger partial charge in [0.2, 0.25) is 0 Å². The van der Waals surface area contributed by atoms with Crippen molar-refractivity contribution in [1.82, 2.24) is 0 Å². The van der Waals surface area contributed by atoms with Gasteiger partial charge in [-0.15, -0.1) is 0 Å². The van der Waals surface area contributed by atoms with E-state index in [1.54, 1.807) is 0 Å². The van der Waals surface area contributed by atoms with E-state index in [1.807, 2.05) is 0 Å². The largest absolute Gasteiger partial charge is 0.0870 e. The highest BCUT2D eigenvalue weighted by atomic mass is 14.2. The van der Waals surface area contributed by atoms with Gasteiger partial charge in [-0.3, -0.25) is 0 Å². The Hall–Kier alpha value is -3.38. The number of fused-ring (bicyclic) bond motifs is 2. The van der Waals surface area contributed by atoms with Gasteiger partial charge in [-0.25, -0.2) is 0 Å². The minimum atomic E-state index is 0.493. The minimum Gasteiger partial charge on any atom is -0.0870 e. The average molecular weight is 473 g/mol. The molecular weight excluding hydrogens is 432 g/mol. The maximum Gasteiger partial charge on any atom is -0.00758 e. The van der Waals surface area contributed by atoms with Crippen LogP contribution in [0.3, 0.4) is 0 Å². The van der Waals surface area contributed by atoms with E-state index in [0.29, 0.717) is 11.8 Å². The molecule has 36 heavy (non-hydrogen) atoms. The zero-order chi connectivity index (χ0) is 26.0. The highest BCUT2D eigenvalue weighted by Crippen LogP contribution is 2.41. The Morgan fingerprint density at radius 3 is 1.22 bits per heavy atom. The molecule has 0 N–H and O–H groups in total. The predicted octanol–water partition coefficient (Wildman–Crippen LogP) is 11.0. The second kappa shape index (κ2) is 10.7. The third-order valence-electron chi connectivity index (χ3n) is 7.29. The van der Waals surface area contributed by atoms with Crippen LogP contribution < -0.4 is 0 Å². The van der Waals surface area contributed by atoms with E-state index in [2.05, 4.69) is 140 Å². The third kappa shape index (κ3) is 4.96. The molecule has 0 saturated carbocycles. The van der Waals surface area contributed by atoms with E-state index in [9.17, 15) is 0 Å². The maximum absolute atomic E-state index is 2.39. The normalized spacial score (nSPS) is 12.6. The van der Waals surface area contributed by atoms with E-state index in [4.69, 9.17) is 0 Å². The van der Waals surface area contributed by atoms with Gasteiger partial charge in [-0.05, 0) is 118 Å². The number of allylic oxidation sites excluding steroid dienone is 2. The molecule has 4 aliphatic rings. The molecule has 0 aromatic rings. The molecule has 0 saturated heterocycles. The second-order valence-corrected chi connectivity index (χ2v) is 10.7. The van der Waals surface area contributed by atoms with E-state index in [1.165, 1.54) is 66.8 Å². The third-order valence-corrected chi connectivity index (χ3v) is 7.29. The molecule has 0 aliphatic heterocycles. The van der Waals surface area contributed by atoms with Gasteiger partial charge in [-0.1, -0.05) is 101 Å². The first-order valence-electron chi connectivity index (χ1n) is 13.3. The Balaban J connectivity index is 1.90. The van der Waals surface area contributed by atoms with Crippen molar-refractivity contribution in [3.63, 3.8) is 0 Å². The van der Waals surface area contributed by atoms with Gasteiger partial charge in [0.05, 0.1) is 0 Å². The molecule has 0 radical (unpaired) electrons. The number of hydrogen-bond donors (Lipinski definition) is 0. The molecule has 0 heteroatoms. The van der Waals surface area contributed by atoms with Crippen LogP contribution in [0.4, 0.5) is 0 Å². The fourth-order valence-corrected chi connectivity index (χ4v) is 5.26. The van der Waals surface area contributed by atoms with E-state index in [-0.39, 0.29) is 0 Å². The van der Waals surface area contributed by atoms with Crippen LogP contribution in [0, 0.1) is 13.8 Å². The van der Waals surface area contributed by atoms with Crippen molar-refractivity contribution >= 4 is 24.3 Å². The lowest BCUT2D eigenvalue weighted by Crippen LogP contribution is -1.84. The fourth-order valence-electron chi connectivity index (χ4n) is 5.26. The molecule has 4 rings (SSSR count). The average Bonchev–Trinajstić information content (AvgIpc) is 3.20. The first-order valence-corrected chi connectivity index (χ1v) is 13.3. The van der Waals surface area contributed by atoms with E-state index in [0.717, 1.165) is 0 Å². The van der Waals surface area contributed by atoms with Gasteiger partial charge < -0.3 is 0 Å². The lowest BCUT2D eigenvalue weighted by Gasteiger charge is -2.05. The SMILES string of the molecule is C/C=C/c1cc(/C=C/c2cc(/C=C/C)c3cc(C(C)C)ccc(C)c2-3)c2c(C)ccc(C(C)C)cc1-2. The first-order chi connectivity index (χ1) is 17.2. The standard InChI is InChI=1S/C36H40/c1-9-11-29-19-31(35-25(7)13-15-27(23(3)4)21-33(29)35)17-18-32-20-30(12-10-2)34-22-28(24(5)6)16-14-26(8)36(32)34/h9-24H,1-8H3/b11-9+,12-10+,18-17+. The van der Waals surface area contributed by atoms with Crippen molar-refractivity contribution in [3.05, 3.63) is 105 Å². The Morgan fingerprint density at radius 1 is 0.500 bits per heavy atom. The quantitative estimate of drug-likeness (QED) is 0.262. The molecule has 0 amide bonds. The topological polar surface area (TPSA) is 0 Å². The molecule has 0 heterocycles. The molecule has 0 spiro atoms. The summed E-state index contributed by atoms with van der Waals surface area (Å²) in [6.45, 7) is 17.8. The molecule has 184 valence electrons. The van der Waals surface area contributed by atoms with Crippen molar-refractivity contribution in [2.45, 2.75) is 67.2 Å². The van der Waals surface area contributed by atoms with Crippen LogP contribution in [0.15, 0.2) is 60.7 Å². The molecule has 0 fully saturated rings. The smallest absolute Gasteiger partial charge is 0.00758 e. The summed E-state index contributed by atoms with van der Waals surface area (Å²) < 4.78 is 0. The van der Waals surface area contributed by atoms with Crippen LogP contribution >= 0.6 is 0 Å². The van der Waals surface area contributed by atoms with E-state index < -0.39 is 0 Å². The maximum atomic E-state index is 2.39. The zero-order valence-corrected chi connectivity index (χ0v) is 23.2. The van der Waals surface area contributed by atoms with Crippen molar-refractivity contribution in [1.29, 1.82) is 0 Å². The highest BCUT2D eigenvalue weighted by Gasteiger charge is 2.18. The molecule has 4 aliphatic carbocycles. The summed E-state index contributed by atoms with van der Waals surface area (Å²) in [5.74, 6) is 0.986. The monoisotopic (exact) mass is 472 g/mol. The van der Waals surface area contributed by atoms with Crippen LogP contribution in [0.2, 0.25) is 0 Å². The first kappa shape index (κ1) is 25.7. The Morgan fingerprint density at radius 2 is 0.889 bits per heavy atom. The molecule has 0 bridgehead atoms. The molecular formula is C36H40. The molecule has 0 atom stereocenters. The van der Waals surface area contributed by atoms with Crippen LogP contribution in [0.25, 0.3) is 46.6 Å². The summed E-state index contributed by atoms with van der Waals surface area (Å²) in [4.78, 5) is 0. The van der Waals surface area contributed by atoms with Gasteiger partial charge in [0.15, 0.2) is 0 Å². The Bertz CT molecular complexity index is 1300. The van der Waals surface area contributed by atoms with Gasteiger partial charge in [-0.2, -0.15) is 0 Å². The minimum absolute atomic E-state index is 0.493. The van der Waals surface area contributed by atoms with Gasteiger partial charge in [0.1, 0.15) is 0 Å². The molecule has 0 aromatic carbocycles. The summed E-state index contributed by atoms with van der Waals surface area (Å²) in [5, 5.41) is 0. The summed E-state index contributed by atoms with van der Waals surface area (Å²) in [5.41, 5.74) is 15.9. The molecule has 0 nitrogen and oxygen atoms in total. The number of aryl methyl sites for hydroxylation is 2. The van der Waals surface area contributed by atoms with Gasteiger partial charge in [0, 0.05) is 0 Å². The van der Waals surface area contributed by atoms with Crippen LogP contribution in [0.1, 0.15) is 97.9 Å². The van der Waals surface area contributed by atoms with Crippen molar-refractivity contribution < 1.29 is 0 Å². The lowest BCUT2D eigenvalue weighted by atomic mass is 9.99. The summed E-state index contributed by atoms with van der Waals surface area (Å²) in [6, 6.07) is 18.6. The number of hydrogen-bond acceptors (Lipinski definition) is 0. The summed E-state index contributed by atoms with van der Waals surface area (Å²) in [6.07, 6.45) is 13.4. The van der Waals surface area contributed by atoms with Crippen LogP contribution in [-0.2, 0) is 0 Å². The van der Waals surface area contributed by atoms with Gasteiger partial charge >= 0.3 is 0 Å². The van der Waals surface area contributed by atoms with E-state index >= 15 is 0 Å². The zero-order valence-electron chi connectivity index (χ0n) is 23.2. The van der Waals surface area contributed by atoms with Crippen LogP contribution in [0.5, 0.6) is 0 Å². The molecule has 0 aromatic heterocycles. The summed E-state index contributed by atoms with van der Waals surface area (Å²) >= 11 is 0. The summed E-state index contributed by atoms with van der Waals surface area (Å²) in [7, 11) is 0. The van der Waals surface area contributed by atoms with Crippen molar-refractivity contribution in [2.24, 2.45) is 0 Å². The van der Waals surface area contributed by atoms with Crippen LogP contribution in [-0.4, -0.2) is 0 Å². The molecule has 0 unspecified atom stereocenters. The Labute approximate surface area is 218 Å². The van der Waals surface area contributed by atoms with Crippen molar-refractivity contribution in [3.8, 4) is 22.3 Å². The van der Waals surface area contributed by atoms with Gasteiger partial charge in [0.25, 0.3) is 0 Å². The number of rotatable bonds is 6. The van der Waals surface area contributed by atoms with Crippen molar-refractivity contribution in [2.75, 3.05) is 0 Å². The lowest BCUT2D eigenvalue weighted by molar-refractivity contribution is 0.868. The Kier molecular flexibility index (Phi) is 7.65. The fraction of sp³-hybridized carbons (Fsp3) is 0.278.